The summed E-state index contributed by atoms with van der Waals surface area (Å²) < 4.78 is 18.2. The van der Waals surface area contributed by atoms with Crippen LogP contribution in [0.3, 0.4) is 0 Å². The van der Waals surface area contributed by atoms with Crippen LogP contribution in [0.15, 0.2) is 101 Å². The van der Waals surface area contributed by atoms with E-state index in [1.165, 1.54) is 11.9 Å². The number of anilines is 1. The van der Waals surface area contributed by atoms with Gasteiger partial charge in [-0.2, -0.15) is 0 Å². The lowest BCUT2D eigenvalue weighted by Gasteiger charge is -2.28. The molecule has 3 aromatic carbocycles. The van der Waals surface area contributed by atoms with E-state index in [9.17, 15) is 4.21 Å². The highest BCUT2D eigenvalue weighted by molar-refractivity contribution is 8.00. The lowest BCUT2D eigenvalue weighted by molar-refractivity contribution is 0.299. The van der Waals surface area contributed by atoms with Crippen LogP contribution in [0.5, 0.6) is 0 Å². The Labute approximate surface area is 289 Å². The van der Waals surface area contributed by atoms with Crippen molar-refractivity contribution in [3.63, 3.8) is 0 Å². The number of H-pyrrole nitrogens is 3. The number of halogens is 1. The number of imidazole rings is 3. The maximum absolute atomic E-state index is 12.8. The molecule has 1 unspecified atom stereocenters. The van der Waals surface area contributed by atoms with Crippen molar-refractivity contribution in [2.24, 2.45) is 5.92 Å². The molecule has 0 radical (unpaired) electrons. The standard InChI is InChI=1S/C18H20N4OS.C17H14ClN5S/c1-13-7-10-22(11-8-13)24(23)14-5-6-15-17(12-14)21-18(20-15)16-4-2-3-9-19-16;1-10-16(20-9-19-10)17-21-14-7-6-11(8-15(14)22-17)24-23-13-5-3-2-4-12(13)18/h2-6,9,12-13H,7-8,10-11H2,1H3,(H,20,21);2-9,23H,1H3,(H,19,20)(H,21,22). The van der Waals surface area contributed by atoms with Gasteiger partial charge in [0.25, 0.3) is 0 Å². The number of nitrogens with zero attached hydrogens (tertiary/aromatic N) is 5. The molecule has 0 saturated carbocycles. The Morgan fingerprint density at radius 3 is 2.38 bits per heavy atom. The number of pyridine rings is 1. The molecule has 48 heavy (non-hydrogen) atoms. The first kappa shape index (κ1) is 32.1. The van der Waals surface area contributed by atoms with Crippen LogP contribution < -0.4 is 4.72 Å². The average Bonchev–Trinajstić information content (AvgIpc) is 3.86. The van der Waals surface area contributed by atoms with Gasteiger partial charge < -0.3 is 19.7 Å². The van der Waals surface area contributed by atoms with Crippen LogP contribution in [0.2, 0.25) is 5.02 Å². The van der Waals surface area contributed by atoms with E-state index in [2.05, 4.69) is 56.9 Å². The molecule has 0 amide bonds. The van der Waals surface area contributed by atoms with Gasteiger partial charge in [0.15, 0.2) is 11.6 Å². The summed E-state index contributed by atoms with van der Waals surface area (Å²) in [5.41, 5.74) is 7.17. The van der Waals surface area contributed by atoms with Crippen molar-refractivity contribution < 1.29 is 4.21 Å². The third-order valence-electron chi connectivity index (χ3n) is 8.20. The lowest BCUT2D eigenvalue weighted by atomic mass is 10.0. The SMILES string of the molecule is CC1CCN(S(=O)c2ccc3nc(-c4ccccn4)[nH]c3c2)CC1.Cc1[nH]cnc1-c1nc2ccc(SNc3ccccc3Cl)cc2[nH]1. The molecule has 7 aromatic rings. The second-order valence-corrected chi connectivity index (χ2v) is 14.4. The van der Waals surface area contributed by atoms with Crippen LogP contribution in [-0.4, -0.2) is 56.5 Å². The maximum Gasteiger partial charge on any atom is 0.159 e. The first-order chi connectivity index (χ1) is 23.4. The summed E-state index contributed by atoms with van der Waals surface area (Å²) in [5.74, 6) is 2.24. The Balaban J connectivity index is 0.000000152. The van der Waals surface area contributed by atoms with E-state index >= 15 is 0 Å². The van der Waals surface area contributed by atoms with Gasteiger partial charge in [0, 0.05) is 29.9 Å². The third kappa shape index (κ3) is 7.16. The summed E-state index contributed by atoms with van der Waals surface area (Å²) >= 11 is 7.67. The van der Waals surface area contributed by atoms with Gasteiger partial charge in [-0.15, -0.1) is 0 Å². The number of hydrogen-bond acceptors (Lipinski definition) is 7. The summed E-state index contributed by atoms with van der Waals surface area (Å²) in [5, 5.41) is 0.698. The first-order valence-electron chi connectivity index (χ1n) is 15.7. The summed E-state index contributed by atoms with van der Waals surface area (Å²) in [4.78, 5) is 29.4. The molecule has 4 N–H and O–H groups in total. The highest BCUT2D eigenvalue weighted by Crippen LogP contribution is 2.30. The van der Waals surface area contributed by atoms with Crippen LogP contribution in [-0.2, 0) is 11.0 Å². The molecule has 5 heterocycles. The number of fused-ring (bicyclic) bond motifs is 2. The molecule has 1 fully saturated rings. The normalized spacial score (nSPS) is 14.6. The highest BCUT2D eigenvalue weighted by atomic mass is 35.5. The average molecular weight is 696 g/mol. The van der Waals surface area contributed by atoms with E-state index in [0.29, 0.717) is 5.02 Å². The number of piperidine rings is 1. The highest BCUT2D eigenvalue weighted by Gasteiger charge is 2.22. The molecule has 1 saturated heterocycles. The Kier molecular flexibility index (Phi) is 9.57. The molecule has 8 rings (SSSR count). The van der Waals surface area contributed by atoms with Crippen molar-refractivity contribution in [1.82, 2.24) is 39.2 Å². The van der Waals surface area contributed by atoms with Crippen molar-refractivity contribution in [2.75, 3.05) is 17.8 Å². The molecule has 0 aliphatic carbocycles. The monoisotopic (exact) mass is 695 g/mol. The number of aromatic nitrogens is 7. The number of aromatic amines is 3. The second kappa shape index (κ2) is 14.3. The van der Waals surface area contributed by atoms with Gasteiger partial charge in [-0.1, -0.05) is 36.7 Å². The summed E-state index contributed by atoms with van der Waals surface area (Å²) in [6.07, 6.45) is 5.65. The zero-order chi connectivity index (χ0) is 33.0. The predicted molar refractivity (Wildman–Crippen MR) is 195 cm³/mol. The number of benzene rings is 3. The minimum absolute atomic E-state index is 0.698. The fraction of sp³-hybridized carbons (Fsp3) is 0.200. The van der Waals surface area contributed by atoms with Crippen molar-refractivity contribution in [3.05, 3.63) is 102 Å². The van der Waals surface area contributed by atoms with Crippen LogP contribution >= 0.6 is 23.5 Å². The predicted octanol–water partition coefficient (Wildman–Crippen LogP) is 8.41. The number of para-hydroxylation sites is 1. The van der Waals surface area contributed by atoms with Crippen LogP contribution in [0.1, 0.15) is 25.5 Å². The summed E-state index contributed by atoms with van der Waals surface area (Å²) in [7, 11) is -1.11. The van der Waals surface area contributed by atoms with Gasteiger partial charge in [-0.3, -0.25) is 4.98 Å². The largest absolute Gasteiger partial charge is 0.348 e. The fourth-order valence-electron chi connectivity index (χ4n) is 5.44. The third-order valence-corrected chi connectivity index (χ3v) is 10.8. The molecule has 244 valence electrons. The first-order valence-corrected chi connectivity index (χ1v) is 18.0. The minimum Gasteiger partial charge on any atom is -0.348 e. The Morgan fingerprint density at radius 2 is 1.62 bits per heavy atom. The molecular weight excluding hydrogens is 662 g/mol. The van der Waals surface area contributed by atoms with Gasteiger partial charge in [0.2, 0.25) is 0 Å². The van der Waals surface area contributed by atoms with Gasteiger partial charge in [0.1, 0.15) is 22.4 Å². The van der Waals surface area contributed by atoms with Crippen molar-refractivity contribution in [1.29, 1.82) is 0 Å². The van der Waals surface area contributed by atoms with Gasteiger partial charge in [-0.25, -0.2) is 23.5 Å². The molecule has 1 atom stereocenters. The van der Waals surface area contributed by atoms with Crippen molar-refractivity contribution >= 4 is 62.3 Å². The molecule has 13 heteroatoms. The molecule has 1 aliphatic rings. The van der Waals surface area contributed by atoms with Crippen LogP contribution in [0, 0.1) is 12.8 Å². The molecular formula is C35H34ClN9OS2. The van der Waals surface area contributed by atoms with Gasteiger partial charge in [-0.05, 0) is 98.3 Å². The van der Waals surface area contributed by atoms with Gasteiger partial charge in [0.05, 0.1) is 44.0 Å². The van der Waals surface area contributed by atoms with Crippen molar-refractivity contribution in [3.8, 4) is 23.0 Å². The van der Waals surface area contributed by atoms with E-state index < -0.39 is 11.0 Å². The number of aryl methyl sites for hydroxylation is 1. The molecule has 0 spiro atoms. The maximum atomic E-state index is 12.8. The van der Waals surface area contributed by atoms with E-state index in [1.807, 2.05) is 79.7 Å². The Bertz CT molecular complexity index is 2190. The minimum atomic E-state index is -1.11. The van der Waals surface area contributed by atoms with Crippen LogP contribution in [0.4, 0.5) is 5.69 Å². The van der Waals surface area contributed by atoms with Gasteiger partial charge >= 0.3 is 0 Å². The molecule has 0 bridgehead atoms. The Hall–Kier alpha value is -4.49. The van der Waals surface area contributed by atoms with Crippen LogP contribution in [0.25, 0.3) is 45.1 Å². The Morgan fingerprint density at radius 1 is 0.896 bits per heavy atom. The topological polar surface area (TPSA) is 131 Å². The van der Waals surface area contributed by atoms with E-state index in [4.69, 9.17) is 11.6 Å². The second-order valence-electron chi connectivity index (χ2n) is 11.7. The number of nitrogens with one attached hydrogen (secondary N) is 4. The summed E-state index contributed by atoms with van der Waals surface area (Å²) in [6, 6.07) is 25.3. The van der Waals surface area contributed by atoms with E-state index in [-0.39, 0.29) is 0 Å². The molecule has 4 aromatic heterocycles. The van der Waals surface area contributed by atoms with E-state index in [1.54, 1.807) is 12.5 Å². The number of rotatable bonds is 7. The lowest BCUT2D eigenvalue weighted by Crippen LogP contribution is -2.34. The zero-order valence-electron chi connectivity index (χ0n) is 26.4. The van der Waals surface area contributed by atoms with E-state index in [0.717, 1.165) is 98.1 Å². The smallest absolute Gasteiger partial charge is 0.159 e. The molecule has 1 aliphatic heterocycles. The number of hydrogen-bond donors (Lipinski definition) is 4. The van der Waals surface area contributed by atoms with Crippen molar-refractivity contribution in [2.45, 2.75) is 36.5 Å². The zero-order valence-corrected chi connectivity index (χ0v) is 28.8. The fourth-order valence-corrected chi connectivity index (χ4v) is 7.64. The quantitative estimate of drug-likeness (QED) is 0.123. The summed E-state index contributed by atoms with van der Waals surface area (Å²) in [6.45, 7) is 6.03. The molecule has 10 nitrogen and oxygen atoms in total.